The van der Waals surface area contributed by atoms with Gasteiger partial charge in [-0.15, -0.1) is 0 Å². The summed E-state index contributed by atoms with van der Waals surface area (Å²) < 4.78 is 6.19. The molecule has 2 aromatic rings. The largest absolute Gasteiger partial charge is 0.465 e. The van der Waals surface area contributed by atoms with Gasteiger partial charge in [-0.2, -0.15) is 5.10 Å². The smallest absolute Gasteiger partial charge is 0.339 e. The Bertz CT molecular complexity index is 814. The molecule has 0 unspecified atom stereocenters. The van der Waals surface area contributed by atoms with E-state index in [1.54, 1.807) is 29.0 Å². The minimum absolute atomic E-state index is 0.125. The molecule has 0 spiro atoms. The van der Waals surface area contributed by atoms with Crippen LogP contribution in [0.2, 0.25) is 0 Å². The van der Waals surface area contributed by atoms with Gasteiger partial charge in [0.25, 0.3) is 5.91 Å². The SMILES string of the molecule is COC(=O)c1ccc(C(=O)N[C@H]2CCN(c3cnn(C)c3)C2=O)nc1. The number of nitrogens with zero attached hydrogens (tertiary/aromatic N) is 4. The number of hydrogen-bond acceptors (Lipinski definition) is 6. The van der Waals surface area contributed by atoms with Gasteiger partial charge in [-0.05, 0) is 18.6 Å². The van der Waals surface area contributed by atoms with Crippen molar-refractivity contribution in [2.45, 2.75) is 12.5 Å². The van der Waals surface area contributed by atoms with Crippen LogP contribution in [0.25, 0.3) is 0 Å². The van der Waals surface area contributed by atoms with E-state index in [0.29, 0.717) is 18.7 Å². The number of esters is 1. The summed E-state index contributed by atoms with van der Waals surface area (Å²) in [6.45, 7) is 0.504. The maximum Gasteiger partial charge on any atom is 0.339 e. The number of ether oxygens (including phenoxy) is 1. The van der Waals surface area contributed by atoms with Crippen LogP contribution in [0.4, 0.5) is 5.69 Å². The number of anilines is 1. The van der Waals surface area contributed by atoms with Crippen molar-refractivity contribution in [1.82, 2.24) is 20.1 Å². The Morgan fingerprint density at radius 2 is 2.12 bits per heavy atom. The summed E-state index contributed by atoms with van der Waals surface area (Å²) in [5.74, 6) is -1.19. The molecule has 2 aromatic heterocycles. The molecule has 9 heteroatoms. The summed E-state index contributed by atoms with van der Waals surface area (Å²) in [4.78, 5) is 41.6. The number of aryl methyl sites for hydroxylation is 1. The lowest BCUT2D eigenvalue weighted by Gasteiger charge is -2.15. The number of nitrogens with one attached hydrogen (secondary N) is 1. The summed E-state index contributed by atoms with van der Waals surface area (Å²) in [6.07, 6.45) is 5.11. The van der Waals surface area contributed by atoms with Gasteiger partial charge >= 0.3 is 5.97 Å². The average molecular weight is 343 g/mol. The fourth-order valence-electron chi connectivity index (χ4n) is 2.62. The average Bonchev–Trinajstić information content (AvgIpc) is 3.20. The lowest BCUT2D eigenvalue weighted by atomic mass is 10.2. The monoisotopic (exact) mass is 343 g/mol. The van der Waals surface area contributed by atoms with Crippen LogP contribution in [0, 0.1) is 0 Å². The van der Waals surface area contributed by atoms with E-state index in [9.17, 15) is 14.4 Å². The minimum Gasteiger partial charge on any atom is -0.465 e. The first kappa shape index (κ1) is 16.6. The van der Waals surface area contributed by atoms with Crippen molar-refractivity contribution in [2.75, 3.05) is 18.6 Å². The molecular formula is C16H17N5O4. The molecule has 1 saturated heterocycles. The highest BCUT2D eigenvalue weighted by molar-refractivity contribution is 6.03. The summed E-state index contributed by atoms with van der Waals surface area (Å²) >= 11 is 0. The van der Waals surface area contributed by atoms with Gasteiger partial charge in [-0.3, -0.25) is 19.3 Å². The number of rotatable bonds is 4. The molecule has 1 N–H and O–H groups in total. The number of carbonyl (C=O) groups is 3. The van der Waals surface area contributed by atoms with E-state index in [1.807, 2.05) is 0 Å². The zero-order valence-electron chi connectivity index (χ0n) is 13.8. The zero-order valence-corrected chi connectivity index (χ0v) is 13.8. The van der Waals surface area contributed by atoms with Crippen molar-refractivity contribution in [3.8, 4) is 0 Å². The van der Waals surface area contributed by atoms with Gasteiger partial charge in [-0.25, -0.2) is 4.79 Å². The second-order valence-corrected chi connectivity index (χ2v) is 5.60. The first-order chi connectivity index (χ1) is 12.0. The van der Waals surface area contributed by atoms with Gasteiger partial charge in [-0.1, -0.05) is 0 Å². The predicted octanol–water partition coefficient (Wildman–Crippen LogP) is 0.137. The molecule has 25 heavy (non-hydrogen) atoms. The third-order valence-electron chi connectivity index (χ3n) is 3.93. The Morgan fingerprint density at radius 3 is 2.72 bits per heavy atom. The first-order valence-electron chi connectivity index (χ1n) is 7.65. The molecule has 9 nitrogen and oxygen atoms in total. The lowest BCUT2D eigenvalue weighted by Crippen LogP contribution is -2.41. The van der Waals surface area contributed by atoms with E-state index in [-0.39, 0.29) is 17.2 Å². The fourth-order valence-corrected chi connectivity index (χ4v) is 2.62. The van der Waals surface area contributed by atoms with Gasteiger partial charge in [0, 0.05) is 26.0 Å². The maximum atomic E-state index is 12.5. The molecule has 1 atom stereocenters. The minimum atomic E-state index is -0.616. The molecule has 2 amide bonds. The highest BCUT2D eigenvalue weighted by Crippen LogP contribution is 2.20. The van der Waals surface area contributed by atoms with Crippen LogP contribution in [-0.4, -0.2) is 52.2 Å². The number of hydrogen-bond donors (Lipinski definition) is 1. The summed E-state index contributed by atoms with van der Waals surface area (Å²) in [5.41, 5.74) is 1.07. The van der Waals surface area contributed by atoms with Crippen LogP contribution < -0.4 is 10.2 Å². The van der Waals surface area contributed by atoms with Gasteiger partial charge in [0.05, 0.1) is 24.6 Å². The van der Waals surface area contributed by atoms with Crippen molar-refractivity contribution < 1.29 is 19.1 Å². The third-order valence-corrected chi connectivity index (χ3v) is 3.93. The van der Waals surface area contributed by atoms with Crippen molar-refractivity contribution >= 4 is 23.5 Å². The van der Waals surface area contributed by atoms with Gasteiger partial charge in [0.1, 0.15) is 11.7 Å². The van der Waals surface area contributed by atoms with Crippen molar-refractivity contribution in [2.24, 2.45) is 7.05 Å². The molecule has 0 radical (unpaired) electrons. The van der Waals surface area contributed by atoms with Crippen LogP contribution in [0.1, 0.15) is 27.3 Å². The summed E-state index contributed by atoms with van der Waals surface area (Å²) in [7, 11) is 3.04. The number of carbonyl (C=O) groups excluding carboxylic acids is 3. The molecule has 130 valence electrons. The summed E-state index contributed by atoms with van der Waals surface area (Å²) in [6, 6.07) is 2.25. The third kappa shape index (κ3) is 3.35. The first-order valence-corrected chi connectivity index (χ1v) is 7.65. The normalized spacial score (nSPS) is 16.8. The van der Waals surface area contributed by atoms with Gasteiger partial charge in [0.2, 0.25) is 5.91 Å². The molecule has 1 fully saturated rings. The van der Waals surface area contributed by atoms with Gasteiger partial charge < -0.3 is 15.0 Å². The highest BCUT2D eigenvalue weighted by Gasteiger charge is 2.34. The predicted molar refractivity (Wildman–Crippen MR) is 87.0 cm³/mol. The van der Waals surface area contributed by atoms with Crippen LogP contribution >= 0.6 is 0 Å². The fraction of sp³-hybridized carbons (Fsp3) is 0.312. The standard InChI is InChI=1S/C16H17N5O4/c1-20-9-11(8-18-20)21-6-5-13(15(21)23)19-14(22)12-4-3-10(7-17-12)16(24)25-2/h3-4,7-9,13H,5-6H2,1-2H3,(H,19,22)/t13-/m0/s1. The molecule has 1 aliphatic heterocycles. The molecular weight excluding hydrogens is 326 g/mol. The molecule has 0 aromatic carbocycles. The van der Waals surface area contributed by atoms with Crippen molar-refractivity contribution in [3.05, 3.63) is 42.0 Å². The quantitative estimate of drug-likeness (QED) is 0.791. The van der Waals surface area contributed by atoms with E-state index in [0.717, 1.165) is 0 Å². The van der Waals surface area contributed by atoms with E-state index in [1.165, 1.54) is 25.4 Å². The number of methoxy groups -OCH3 is 1. The maximum absolute atomic E-state index is 12.5. The highest BCUT2D eigenvalue weighted by atomic mass is 16.5. The molecule has 1 aliphatic rings. The zero-order chi connectivity index (χ0) is 18.0. The van der Waals surface area contributed by atoms with Crippen molar-refractivity contribution in [1.29, 1.82) is 0 Å². The Balaban J connectivity index is 1.65. The topological polar surface area (TPSA) is 106 Å². The molecule has 0 aliphatic carbocycles. The van der Waals surface area contributed by atoms with Gasteiger partial charge in [0.15, 0.2) is 0 Å². The second kappa shape index (κ2) is 6.71. The van der Waals surface area contributed by atoms with E-state index >= 15 is 0 Å². The van der Waals surface area contributed by atoms with Crippen LogP contribution in [-0.2, 0) is 16.6 Å². The van der Waals surface area contributed by atoms with Crippen molar-refractivity contribution in [3.63, 3.8) is 0 Å². The Labute approximate surface area is 143 Å². The Hall–Kier alpha value is -3.23. The molecule has 0 bridgehead atoms. The molecule has 3 heterocycles. The van der Waals surface area contributed by atoms with Crippen LogP contribution in [0.3, 0.4) is 0 Å². The van der Waals surface area contributed by atoms with Crippen LogP contribution in [0.5, 0.6) is 0 Å². The lowest BCUT2D eigenvalue weighted by molar-refractivity contribution is -0.118. The Morgan fingerprint density at radius 1 is 1.32 bits per heavy atom. The number of aromatic nitrogens is 3. The van der Waals surface area contributed by atoms with Crippen LogP contribution in [0.15, 0.2) is 30.7 Å². The summed E-state index contributed by atoms with van der Waals surface area (Å²) in [5, 5.41) is 6.72. The molecule has 3 rings (SSSR count). The number of pyridine rings is 1. The van der Waals surface area contributed by atoms with E-state index in [4.69, 9.17) is 0 Å². The molecule has 0 saturated carbocycles. The van der Waals surface area contributed by atoms with E-state index < -0.39 is 17.9 Å². The van der Waals surface area contributed by atoms with E-state index in [2.05, 4.69) is 20.1 Å². The number of amides is 2. The second-order valence-electron chi connectivity index (χ2n) is 5.60. The Kier molecular flexibility index (Phi) is 4.46.